The quantitative estimate of drug-likeness (QED) is 0.123. The Kier molecular flexibility index (Phi) is 12.2. The van der Waals surface area contributed by atoms with Gasteiger partial charge in [0.05, 0.1) is 18.5 Å². The SMILES string of the molecule is N[C@@H](Cc1ccc(O)cc1)C(=O)N[C@@H](Cc1ccc(O)cc1)C(=O)N[C@@H](CC(=O)O)C(=O)N[C@H]([C]=O)CCC(=O)O. The van der Waals surface area contributed by atoms with E-state index in [2.05, 4.69) is 16.0 Å². The Hall–Kier alpha value is -4.98. The van der Waals surface area contributed by atoms with Gasteiger partial charge in [-0.3, -0.25) is 28.8 Å². The highest BCUT2D eigenvalue weighted by molar-refractivity contribution is 5.95. The molecule has 14 nitrogen and oxygen atoms in total. The summed E-state index contributed by atoms with van der Waals surface area (Å²) in [5, 5.41) is 44.0. The first-order valence-corrected chi connectivity index (χ1v) is 12.4. The van der Waals surface area contributed by atoms with E-state index in [4.69, 9.17) is 10.8 Å². The maximum Gasteiger partial charge on any atom is 0.305 e. The number of carbonyl (C=O) groups excluding carboxylic acids is 4. The number of amides is 3. The second kappa shape index (κ2) is 15.6. The van der Waals surface area contributed by atoms with Crippen LogP contribution in [0.2, 0.25) is 0 Å². The van der Waals surface area contributed by atoms with Gasteiger partial charge in [0.1, 0.15) is 23.6 Å². The molecule has 14 heteroatoms. The molecule has 2 aromatic rings. The van der Waals surface area contributed by atoms with Crippen LogP contribution in [0.1, 0.15) is 30.4 Å². The predicted octanol–water partition coefficient (Wildman–Crippen LogP) is -0.886. The summed E-state index contributed by atoms with van der Waals surface area (Å²) in [5.74, 6) is -5.46. The van der Waals surface area contributed by atoms with Gasteiger partial charge >= 0.3 is 11.9 Å². The first kappa shape index (κ1) is 32.2. The number of nitrogens with one attached hydrogen (secondary N) is 3. The molecule has 0 saturated carbocycles. The summed E-state index contributed by atoms with van der Waals surface area (Å²) in [6.45, 7) is 0. The highest BCUT2D eigenvalue weighted by atomic mass is 16.4. The van der Waals surface area contributed by atoms with E-state index in [1.165, 1.54) is 42.7 Å². The number of hydrogen-bond donors (Lipinski definition) is 8. The summed E-state index contributed by atoms with van der Waals surface area (Å²) in [6, 6.07) is 6.16. The summed E-state index contributed by atoms with van der Waals surface area (Å²) in [4.78, 5) is 72.3. The van der Waals surface area contributed by atoms with Crippen LogP contribution in [-0.2, 0) is 41.6 Å². The Morgan fingerprint density at radius 3 is 1.68 bits per heavy atom. The Morgan fingerprint density at radius 1 is 0.707 bits per heavy atom. The molecular weight excluding hydrogens is 540 g/mol. The summed E-state index contributed by atoms with van der Waals surface area (Å²) < 4.78 is 0. The van der Waals surface area contributed by atoms with Gasteiger partial charge in [0.15, 0.2) is 0 Å². The number of carboxylic acids is 2. The van der Waals surface area contributed by atoms with E-state index in [9.17, 15) is 44.1 Å². The van der Waals surface area contributed by atoms with Crippen molar-refractivity contribution in [2.24, 2.45) is 5.73 Å². The number of aromatic hydroxyl groups is 2. The molecule has 0 aromatic heterocycles. The van der Waals surface area contributed by atoms with Crippen LogP contribution in [-0.4, -0.2) is 80.5 Å². The highest BCUT2D eigenvalue weighted by Gasteiger charge is 2.31. The molecule has 0 saturated heterocycles. The van der Waals surface area contributed by atoms with Crippen LogP contribution in [0.4, 0.5) is 0 Å². The standard InChI is InChI=1S/C27H31N4O10/c28-20(11-15-1-6-18(33)7-2-15)25(39)30-21(12-16-3-8-19(34)9-4-16)27(41)31-22(13-24(37)38)26(40)29-17(14-32)5-10-23(35)36/h1-4,6-9,17,20-22,33-34H,5,10-13,28H2,(H,29,40)(H,30,39)(H,31,41)(H,35,36)(H,37,38)/t17-,20-,21-,22-/m0/s1. The van der Waals surface area contributed by atoms with E-state index in [0.29, 0.717) is 11.1 Å². The van der Waals surface area contributed by atoms with E-state index >= 15 is 0 Å². The van der Waals surface area contributed by atoms with Gasteiger partial charge in [-0.1, -0.05) is 24.3 Å². The van der Waals surface area contributed by atoms with Crippen molar-refractivity contribution in [3.05, 3.63) is 59.7 Å². The smallest absolute Gasteiger partial charge is 0.305 e. The van der Waals surface area contributed by atoms with Gasteiger partial charge in [-0.05, 0) is 48.2 Å². The molecule has 0 unspecified atom stereocenters. The van der Waals surface area contributed by atoms with Crippen LogP contribution in [0.3, 0.4) is 0 Å². The van der Waals surface area contributed by atoms with E-state index in [-0.39, 0.29) is 30.8 Å². The van der Waals surface area contributed by atoms with Gasteiger partial charge in [0.2, 0.25) is 24.0 Å². The van der Waals surface area contributed by atoms with Gasteiger partial charge in [-0.15, -0.1) is 0 Å². The summed E-state index contributed by atoms with van der Waals surface area (Å²) in [6.07, 6.45) is -0.277. The van der Waals surface area contributed by atoms with Crippen LogP contribution in [0.25, 0.3) is 0 Å². The van der Waals surface area contributed by atoms with Crippen molar-refractivity contribution in [1.82, 2.24) is 16.0 Å². The van der Waals surface area contributed by atoms with Crippen LogP contribution < -0.4 is 21.7 Å². The summed E-state index contributed by atoms with van der Waals surface area (Å²) in [7, 11) is 0. The zero-order chi connectivity index (χ0) is 30.5. The lowest BCUT2D eigenvalue weighted by Gasteiger charge is -2.24. The van der Waals surface area contributed by atoms with Crippen molar-refractivity contribution in [1.29, 1.82) is 0 Å². The highest BCUT2D eigenvalue weighted by Crippen LogP contribution is 2.13. The van der Waals surface area contributed by atoms with Crippen LogP contribution >= 0.6 is 0 Å². The van der Waals surface area contributed by atoms with Gasteiger partial charge in [0, 0.05) is 12.8 Å². The van der Waals surface area contributed by atoms with Crippen molar-refractivity contribution < 1.29 is 49.2 Å². The number of phenols is 2. The lowest BCUT2D eigenvalue weighted by molar-refractivity contribution is -0.141. The third-order valence-corrected chi connectivity index (χ3v) is 5.86. The normalized spacial score (nSPS) is 13.6. The van der Waals surface area contributed by atoms with Crippen molar-refractivity contribution in [3.8, 4) is 11.5 Å². The monoisotopic (exact) mass is 571 g/mol. The topological polar surface area (TPSA) is 245 Å². The molecule has 9 N–H and O–H groups in total. The second-order valence-electron chi connectivity index (χ2n) is 9.18. The summed E-state index contributed by atoms with van der Waals surface area (Å²) >= 11 is 0. The van der Waals surface area contributed by atoms with E-state index in [1.54, 1.807) is 12.1 Å². The zero-order valence-corrected chi connectivity index (χ0v) is 21.8. The molecule has 41 heavy (non-hydrogen) atoms. The molecular formula is C27H31N4O10. The average Bonchev–Trinajstić information content (AvgIpc) is 2.92. The predicted molar refractivity (Wildman–Crippen MR) is 142 cm³/mol. The fraction of sp³-hybridized carbons (Fsp3) is 0.333. The second-order valence-corrected chi connectivity index (χ2v) is 9.18. The van der Waals surface area contributed by atoms with E-state index in [0.717, 1.165) is 0 Å². The molecule has 0 spiro atoms. The minimum Gasteiger partial charge on any atom is -0.508 e. The number of phenolic OH excluding ortho intramolecular Hbond substituents is 2. The van der Waals surface area contributed by atoms with E-state index < -0.39 is 66.7 Å². The number of aliphatic carboxylic acids is 2. The van der Waals surface area contributed by atoms with Crippen molar-refractivity contribution in [2.75, 3.05) is 0 Å². The fourth-order valence-electron chi connectivity index (χ4n) is 3.69. The molecule has 4 atom stereocenters. The first-order valence-electron chi connectivity index (χ1n) is 12.4. The van der Waals surface area contributed by atoms with Gasteiger partial charge < -0.3 is 42.1 Å². The third kappa shape index (κ3) is 11.3. The van der Waals surface area contributed by atoms with E-state index in [1.807, 2.05) is 0 Å². The van der Waals surface area contributed by atoms with Gasteiger partial charge in [-0.25, -0.2) is 0 Å². The largest absolute Gasteiger partial charge is 0.508 e. The number of nitrogens with two attached hydrogens (primary N) is 1. The maximum atomic E-state index is 13.3. The minimum absolute atomic E-state index is 0.0246. The van der Waals surface area contributed by atoms with Crippen molar-refractivity contribution >= 4 is 35.9 Å². The zero-order valence-electron chi connectivity index (χ0n) is 21.8. The Balaban J connectivity index is 2.21. The lowest BCUT2D eigenvalue weighted by Crippen LogP contribution is -2.57. The molecule has 0 fully saturated rings. The Morgan fingerprint density at radius 2 is 1.20 bits per heavy atom. The first-order chi connectivity index (χ1) is 19.4. The van der Waals surface area contributed by atoms with Gasteiger partial charge in [0.25, 0.3) is 0 Å². The van der Waals surface area contributed by atoms with Crippen LogP contribution in [0, 0.1) is 0 Å². The van der Waals surface area contributed by atoms with Crippen molar-refractivity contribution in [3.63, 3.8) is 0 Å². The molecule has 0 aliphatic carbocycles. The lowest BCUT2D eigenvalue weighted by atomic mass is 10.0. The average molecular weight is 572 g/mol. The Labute approximate surface area is 234 Å². The number of carboxylic acid groups (broad SMARTS) is 2. The third-order valence-electron chi connectivity index (χ3n) is 5.86. The number of carbonyl (C=O) groups is 5. The summed E-state index contributed by atoms with van der Waals surface area (Å²) in [5.41, 5.74) is 7.16. The molecule has 0 aliphatic rings. The molecule has 0 bridgehead atoms. The fourth-order valence-corrected chi connectivity index (χ4v) is 3.69. The molecule has 219 valence electrons. The van der Waals surface area contributed by atoms with Gasteiger partial charge in [-0.2, -0.15) is 0 Å². The number of benzene rings is 2. The molecule has 0 aliphatic heterocycles. The van der Waals surface area contributed by atoms with Crippen LogP contribution in [0.5, 0.6) is 11.5 Å². The maximum absolute atomic E-state index is 13.3. The van der Waals surface area contributed by atoms with Crippen molar-refractivity contribution in [2.45, 2.75) is 56.3 Å². The molecule has 2 aromatic carbocycles. The molecule has 1 radical (unpaired) electrons. The molecule has 3 amide bonds. The Bertz CT molecular complexity index is 1230. The van der Waals surface area contributed by atoms with Crippen LogP contribution in [0.15, 0.2) is 48.5 Å². The number of rotatable bonds is 16. The number of hydrogen-bond acceptors (Lipinski definition) is 9. The minimum atomic E-state index is -1.69. The molecule has 0 heterocycles. The molecule has 2 rings (SSSR count).